The van der Waals surface area contributed by atoms with E-state index in [1.807, 2.05) is 0 Å². The van der Waals surface area contributed by atoms with E-state index in [4.69, 9.17) is 17.3 Å². The SMILES string of the molecule is N[C@H]1C=CC(Cl)=CN1. The molecule has 0 unspecified atom stereocenters. The second-order valence-corrected chi connectivity index (χ2v) is 2.02. The summed E-state index contributed by atoms with van der Waals surface area (Å²) in [5, 5.41) is 3.52. The van der Waals surface area contributed by atoms with Gasteiger partial charge < -0.3 is 11.1 Å². The Bertz CT molecular complexity index is 139. The van der Waals surface area contributed by atoms with Crippen LogP contribution in [0.25, 0.3) is 0 Å². The molecular formula is C5H7ClN2. The lowest BCUT2D eigenvalue weighted by Gasteiger charge is -2.09. The standard InChI is InChI=1S/C5H7ClN2/c6-4-1-2-5(7)8-3-4/h1-3,5,8H,7H2/t5-/m1/s1. The second kappa shape index (κ2) is 2.20. The average Bonchev–Trinajstić information content (AvgIpc) is 1.77. The van der Waals surface area contributed by atoms with Crippen LogP contribution in [0.3, 0.4) is 0 Å². The molecule has 0 amide bonds. The number of hydrogen-bond acceptors (Lipinski definition) is 2. The quantitative estimate of drug-likeness (QED) is 0.502. The summed E-state index contributed by atoms with van der Waals surface area (Å²) in [7, 11) is 0. The second-order valence-electron chi connectivity index (χ2n) is 1.58. The normalized spacial score (nSPS) is 26.8. The van der Waals surface area contributed by atoms with Gasteiger partial charge in [-0.1, -0.05) is 11.6 Å². The number of allylic oxidation sites excluding steroid dienone is 2. The van der Waals surface area contributed by atoms with Crippen molar-refractivity contribution in [3.8, 4) is 0 Å². The molecule has 1 aliphatic heterocycles. The van der Waals surface area contributed by atoms with Crippen LogP contribution in [-0.2, 0) is 0 Å². The molecule has 0 spiro atoms. The molecule has 0 saturated carbocycles. The Morgan fingerprint density at radius 3 is 2.88 bits per heavy atom. The van der Waals surface area contributed by atoms with Crippen LogP contribution in [0.15, 0.2) is 23.4 Å². The maximum atomic E-state index is 5.54. The molecule has 0 aromatic carbocycles. The monoisotopic (exact) mass is 130 g/mol. The lowest BCUT2D eigenvalue weighted by Crippen LogP contribution is -2.32. The fourth-order valence-corrected chi connectivity index (χ4v) is 0.611. The van der Waals surface area contributed by atoms with Crippen LogP contribution in [0.2, 0.25) is 0 Å². The molecule has 0 saturated heterocycles. The van der Waals surface area contributed by atoms with E-state index >= 15 is 0 Å². The highest BCUT2D eigenvalue weighted by atomic mass is 35.5. The number of rotatable bonds is 0. The molecule has 1 aliphatic rings. The number of hydrogen-bond donors (Lipinski definition) is 2. The minimum Gasteiger partial charge on any atom is -0.371 e. The summed E-state index contributed by atoms with van der Waals surface area (Å²) in [5.41, 5.74) is 5.40. The molecule has 0 aromatic heterocycles. The van der Waals surface area contributed by atoms with Crippen molar-refractivity contribution in [1.82, 2.24) is 5.32 Å². The molecule has 1 atom stereocenters. The molecule has 1 heterocycles. The van der Waals surface area contributed by atoms with Crippen molar-refractivity contribution < 1.29 is 0 Å². The van der Waals surface area contributed by atoms with Gasteiger partial charge in [0.25, 0.3) is 0 Å². The minimum absolute atomic E-state index is 0.0718. The first-order chi connectivity index (χ1) is 3.79. The molecule has 0 fully saturated rings. The van der Waals surface area contributed by atoms with Crippen molar-refractivity contribution in [2.45, 2.75) is 6.17 Å². The van der Waals surface area contributed by atoms with Crippen molar-refractivity contribution in [2.75, 3.05) is 0 Å². The predicted molar refractivity (Wildman–Crippen MR) is 34.2 cm³/mol. The highest BCUT2D eigenvalue weighted by Gasteiger charge is 1.97. The first kappa shape index (κ1) is 5.66. The van der Waals surface area contributed by atoms with Crippen molar-refractivity contribution >= 4 is 11.6 Å². The van der Waals surface area contributed by atoms with E-state index < -0.39 is 0 Å². The summed E-state index contributed by atoms with van der Waals surface area (Å²) in [4.78, 5) is 0. The van der Waals surface area contributed by atoms with Crippen molar-refractivity contribution in [1.29, 1.82) is 0 Å². The van der Waals surface area contributed by atoms with Gasteiger partial charge in [0.05, 0.1) is 11.2 Å². The Morgan fingerprint density at radius 1 is 1.75 bits per heavy atom. The van der Waals surface area contributed by atoms with Crippen LogP contribution in [0.1, 0.15) is 0 Å². The summed E-state index contributed by atoms with van der Waals surface area (Å²) >= 11 is 5.54. The van der Waals surface area contributed by atoms with Gasteiger partial charge in [0, 0.05) is 6.20 Å². The van der Waals surface area contributed by atoms with Crippen molar-refractivity contribution in [2.24, 2.45) is 5.73 Å². The van der Waals surface area contributed by atoms with Crippen LogP contribution in [-0.4, -0.2) is 6.17 Å². The van der Waals surface area contributed by atoms with E-state index in [1.165, 1.54) is 0 Å². The van der Waals surface area contributed by atoms with E-state index in [2.05, 4.69) is 5.32 Å². The van der Waals surface area contributed by atoms with Gasteiger partial charge >= 0.3 is 0 Å². The van der Waals surface area contributed by atoms with Crippen molar-refractivity contribution in [3.05, 3.63) is 23.4 Å². The van der Waals surface area contributed by atoms with Crippen LogP contribution in [0.4, 0.5) is 0 Å². The first-order valence-corrected chi connectivity index (χ1v) is 2.72. The van der Waals surface area contributed by atoms with Gasteiger partial charge in [0.15, 0.2) is 0 Å². The van der Waals surface area contributed by atoms with Gasteiger partial charge in [-0.05, 0) is 12.2 Å². The fourth-order valence-electron chi connectivity index (χ4n) is 0.475. The zero-order valence-corrected chi connectivity index (χ0v) is 5.02. The third-order valence-electron chi connectivity index (χ3n) is 0.876. The van der Waals surface area contributed by atoms with E-state index in [9.17, 15) is 0 Å². The third kappa shape index (κ3) is 1.25. The lowest BCUT2D eigenvalue weighted by atomic mass is 10.3. The number of nitrogens with two attached hydrogens (primary N) is 1. The minimum atomic E-state index is -0.0718. The van der Waals surface area contributed by atoms with Gasteiger partial charge in [-0.25, -0.2) is 0 Å². The largest absolute Gasteiger partial charge is 0.371 e. The third-order valence-corrected chi connectivity index (χ3v) is 1.11. The van der Waals surface area contributed by atoms with Gasteiger partial charge in [0.2, 0.25) is 0 Å². The number of dihydropyridines is 1. The van der Waals surface area contributed by atoms with E-state index in [0.717, 1.165) is 0 Å². The molecule has 2 nitrogen and oxygen atoms in total. The molecule has 0 radical (unpaired) electrons. The first-order valence-electron chi connectivity index (χ1n) is 2.34. The van der Waals surface area contributed by atoms with Crippen LogP contribution in [0.5, 0.6) is 0 Å². The Hall–Kier alpha value is -0.470. The smallest absolute Gasteiger partial charge is 0.0934 e. The van der Waals surface area contributed by atoms with E-state index in [-0.39, 0.29) is 6.17 Å². The topological polar surface area (TPSA) is 38.0 Å². The molecule has 1 rings (SSSR count). The molecule has 44 valence electrons. The zero-order chi connectivity index (χ0) is 5.98. The summed E-state index contributed by atoms with van der Waals surface area (Å²) in [6.45, 7) is 0. The van der Waals surface area contributed by atoms with Crippen LogP contribution >= 0.6 is 11.6 Å². The highest BCUT2D eigenvalue weighted by Crippen LogP contribution is 2.04. The van der Waals surface area contributed by atoms with Gasteiger partial charge in [-0.15, -0.1) is 0 Å². The molecule has 0 bridgehead atoms. The molecule has 3 N–H and O–H groups in total. The maximum absolute atomic E-state index is 5.54. The van der Waals surface area contributed by atoms with E-state index in [0.29, 0.717) is 5.03 Å². The van der Waals surface area contributed by atoms with Gasteiger partial charge in [-0.2, -0.15) is 0 Å². The Labute approximate surface area is 53.0 Å². The Morgan fingerprint density at radius 2 is 2.50 bits per heavy atom. The zero-order valence-electron chi connectivity index (χ0n) is 4.26. The molecule has 3 heteroatoms. The van der Waals surface area contributed by atoms with Gasteiger partial charge in [-0.3, -0.25) is 0 Å². The maximum Gasteiger partial charge on any atom is 0.0934 e. The predicted octanol–water partition coefficient (Wildman–Crippen LogP) is 0.511. The van der Waals surface area contributed by atoms with Crippen LogP contribution < -0.4 is 11.1 Å². The average molecular weight is 131 g/mol. The number of halogens is 1. The number of nitrogens with one attached hydrogen (secondary N) is 1. The Balaban J connectivity index is 2.58. The molecule has 0 aliphatic carbocycles. The molecular weight excluding hydrogens is 124 g/mol. The van der Waals surface area contributed by atoms with Crippen molar-refractivity contribution in [3.63, 3.8) is 0 Å². The fraction of sp³-hybridized carbons (Fsp3) is 0.200. The van der Waals surface area contributed by atoms with Gasteiger partial charge in [0.1, 0.15) is 0 Å². The summed E-state index contributed by atoms with van der Waals surface area (Å²) < 4.78 is 0. The molecule has 0 aromatic rings. The van der Waals surface area contributed by atoms with Crippen LogP contribution in [0, 0.1) is 0 Å². The summed E-state index contributed by atoms with van der Waals surface area (Å²) in [6, 6.07) is 0. The highest BCUT2D eigenvalue weighted by molar-refractivity contribution is 6.31. The summed E-state index contributed by atoms with van der Waals surface area (Å²) in [5.74, 6) is 0. The van der Waals surface area contributed by atoms with E-state index in [1.54, 1.807) is 18.4 Å². The lowest BCUT2D eigenvalue weighted by molar-refractivity contribution is 0.726. The summed E-state index contributed by atoms with van der Waals surface area (Å²) in [6.07, 6.45) is 5.16. The Kier molecular flexibility index (Phi) is 1.56. The molecule has 8 heavy (non-hydrogen) atoms.